The highest BCUT2D eigenvalue weighted by molar-refractivity contribution is 5.31. The summed E-state index contributed by atoms with van der Waals surface area (Å²) in [5.41, 5.74) is 5.17. The first kappa shape index (κ1) is 13.4. The molecule has 1 atom stereocenters. The number of benzene rings is 1. The minimum absolute atomic E-state index is 0.447. The SMILES string of the molecule is Cc1noc(C)c1CNC1CCCCc2ccccc21. The molecule has 1 N–H and O–H groups in total. The van der Waals surface area contributed by atoms with Crippen molar-refractivity contribution in [3.63, 3.8) is 0 Å². The van der Waals surface area contributed by atoms with Crippen LogP contribution in [0, 0.1) is 13.8 Å². The topological polar surface area (TPSA) is 38.1 Å². The third kappa shape index (κ3) is 2.63. The van der Waals surface area contributed by atoms with E-state index in [-0.39, 0.29) is 0 Å². The zero-order valence-corrected chi connectivity index (χ0v) is 12.3. The summed E-state index contributed by atoms with van der Waals surface area (Å²) >= 11 is 0. The first-order valence-corrected chi connectivity index (χ1v) is 7.48. The quantitative estimate of drug-likeness (QED) is 0.861. The van der Waals surface area contributed by atoms with Gasteiger partial charge in [-0.15, -0.1) is 0 Å². The molecule has 3 nitrogen and oxygen atoms in total. The molecule has 0 saturated heterocycles. The molecule has 0 fully saturated rings. The van der Waals surface area contributed by atoms with E-state index in [0.29, 0.717) is 6.04 Å². The zero-order chi connectivity index (χ0) is 13.9. The lowest BCUT2D eigenvalue weighted by Crippen LogP contribution is -2.21. The molecule has 1 aromatic heterocycles. The summed E-state index contributed by atoms with van der Waals surface area (Å²) in [4.78, 5) is 0. The van der Waals surface area contributed by atoms with Gasteiger partial charge in [0.15, 0.2) is 0 Å². The van der Waals surface area contributed by atoms with Gasteiger partial charge >= 0.3 is 0 Å². The van der Waals surface area contributed by atoms with E-state index in [2.05, 4.69) is 34.7 Å². The van der Waals surface area contributed by atoms with E-state index >= 15 is 0 Å². The number of nitrogens with one attached hydrogen (secondary N) is 1. The van der Waals surface area contributed by atoms with Gasteiger partial charge in [-0.2, -0.15) is 0 Å². The lowest BCUT2D eigenvalue weighted by atomic mass is 9.99. The molecule has 0 aliphatic heterocycles. The maximum atomic E-state index is 5.24. The third-order valence-corrected chi connectivity index (χ3v) is 4.33. The van der Waals surface area contributed by atoms with Crippen molar-refractivity contribution < 1.29 is 4.52 Å². The second-order valence-corrected chi connectivity index (χ2v) is 5.68. The smallest absolute Gasteiger partial charge is 0.138 e. The highest BCUT2D eigenvalue weighted by Crippen LogP contribution is 2.29. The van der Waals surface area contributed by atoms with Gasteiger partial charge in [0.2, 0.25) is 0 Å². The van der Waals surface area contributed by atoms with Gasteiger partial charge in [-0.05, 0) is 44.2 Å². The Kier molecular flexibility index (Phi) is 3.88. The van der Waals surface area contributed by atoms with Crippen LogP contribution in [0.3, 0.4) is 0 Å². The van der Waals surface area contributed by atoms with Crippen molar-refractivity contribution in [3.05, 3.63) is 52.4 Å². The van der Waals surface area contributed by atoms with Gasteiger partial charge in [-0.25, -0.2) is 0 Å². The number of nitrogens with zero attached hydrogens (tertiary/aromatic N) is 1. The minimum atomic E-state index is 0.447. The molecule has 2 aromatic rings. The van der Waals surface area contributed by atoms with Crippen LogP contribution in [0.4, 0.5) is 0 Å². The zero-order valence-electron chi connectivity index (χ0n) is 12.3. The number of hydrogen-bond acceptors (Lipinski definition) is 3. The van der Waals surface area contributed by atoms with Crippen LogP contribution in [0.2, 0.25) is 0 Å². The molecule has 3 heteroatoms. The summed E-state index contributed by atoms with van der Waals surface area (Å²) < 4.78 is 5.24. The molecule has 106 valence electrons. The van der Waals surface area contributed by atoms with Gasteiger partial charge in [-0.1, -0.05) is 35.8 Å². The van der Waals surface area contributed by atoms with Gasteiger partial charge in [0.25, 0.3) is 0 Å². The Morgan fingerprint density at radius 2 is 2.10 bits per heavy atom. The van der Waals surface area contributed by atoms with Crippen LogP contribution < -0.4 is 5.32 Å². The standard InChI is InChI=1S/C17H22N2O/c1-12-16(13(2)20-19-12)11-18-17-10-6-4-8-14-7-3-5-9-15(14)17/h3,5,7,9,17-18H,4,6,8,10-11H2,1-2H3. The summed E-state index contributed by atoms with van der Waals surface area (Å²) in [7, 11) is 0. The van der Waals surface area contributed by atoms with E-state index in [0.717, 1.165) is 18.0 Å². The molecule has 1 aliphatic rings. The van der Waals surface area contributed by atoms with Crippen molar-refractivity contribution in [2.45, 2.75) is 52.1 Å². The van der Waals surface area contributed by atoms with Crippen LogP contribution in [-0.4, -0.2) is 5.16 Å². The van der Waals surface area contributed by atoms with E-state index in [1.807, 2.05) is 13.8 Å². The molecule has 0 bridgehead atoms. The van der Waals surface area contributed by atoms with Crippen molar-refractivity contribution in [1.82, 2.24) is 10.5 Å². The van der Waals surface area contributed by atoms with Crippen LogP contribution in [0.25, 0.3) is 0 Å². The van der Waals surface area contributed by atoms with Gasteiger partial charge in [0, 0.05) is 18.2 Å². The van der Waals surface area contributed by atoms with Crippen LogP contribution in [0.15, 0.2) is 28.8 Å². The van der Waals surface area contributed by atoms with Gasteiger partial charge in [-0.3, -0.25) is 0 Å². The first-order chi connectivity index (χ1) is 9.75. The number of fused-ring (bicyclic) bond motifs is 1. The van der Waals surface area contributed by atoms with Gasteiger partial charge in [0.1, 0.15) is 5.76 Å². The average molecular weight is 270 g/mol. The Labute approximate surface area is 120 Å². The van der Waals surface area contributed by atoms with Crippen LogP contribution in [0.1, 0.15) is 53.4 Å². The largest absolute Gasteiger partial charge is 0.361 e. The van der Waals surface area contributed by atoms with E-state index in [1.165, 1.54) is 42.4 Å². The Morgan fingerprint density at radius 3 is 2.90 bits per heavy atom. The normalized spacial score (nSPS) is 18.6. The van der Waals surface area contributed by atoms with Crippen molar-refractivity contribution >= 4 is 0 Å². The fraction of sp³-hybridized carbons (Fsp3) is 0.471. The maximum absolute atomic E-state index is 5.24. The van der Waals surface area contributed by atoms with Crippen molar-refractivity contribution in [2.24, 2.45) is 0 Å². The lowest BCUT2D eigenvalue weighted by molar-refractivity contribution is 0.391. The first-order valence-electron chi connectivity index (χ1n) is 7.48. The van der Waals surface area contributed by atoms with Crippen molar-refractivity contribution in [2.75, 3.05) is 0 Å². The number of rotatable bonds is 3. The summed E-state index contributed by atoms with van der Waals surface area (Å²) in [5.74, 6) is 0.928. The van der Waals surface area contributed by atoms with E-state index in [1.54, 1.807) is 0 Å². The monoisotopic (exact) mass is 270 g/mol. The molecule has 20 heavy (non-hydrogen) atoms. The molecule has 1 aromatic carbocycles. The fourth-order valence-corrected chi connectivity index (χ4v) is 3.11. The molecule has 0 saturated carbocycles. The molecule has 0 spiro atoms. The predicted molar refractivity (Wildman–Crippen MR) is 79.6 cm³/mol. The van der Waals surface area contributed by atoms with Crippen molar-refractivity contribution in [1.29, 1.82) is 0 Å². The van der Waals surface area contributed by atoms with Crippen LogP contribution in [-0.2, 0) is 13.0 Å². The molecule has 3 rings (SSSR count). The molecule has 0 amide bonds. The van der Waals surface area contributed by atoms with E-state index in [9.17, 15) is 0 Å². The number of aromatic nitrogens is 1. The third-order valence-electron chi connectivity index (χ3n) is 4.33. The summed E-state index contributed by atoms with van der Waals surface area (Å²) in [6.45, 7) is 4.83. The molecular formula is C17H22N2O. The second-order valence-electron chi connectivity index (χ2n) is 5.68. The van der Waals surface area contributed by atoms with Crippen LogP contribution in [0.5, 0.6) is 0 Å². The van der Waals surface area contributed by atoms with Crippen molar-refractivity contribution in [3.8, 4) is 0 Å². The van der Waals surface area contributed by atoms with Gasteiger partial charge in [0.05, 0.1) is 5.69 Å². The molecule has 1 aliphatic carbocycles. The maximum Gasteiger partial charge on any atom is 0.138 e. The summed E-state index contributed by atoms with van der Waals surface area (Å²) in [6.07, 6.45) is 4.99. The second kappa shape index (κ2) is 5.80. The molecule has 1 heterocycles. The summed E-state index contributed by atoms with van der Waals surface area (Å²) in [6, 6.07) is 9.28. The fourth-order valence-electron chi connectivity index (χ4n) is 3.11. The highest BCUT2D eigenvalue weighted by Gasteiger charge is 2.19. The number of hydrogen-bond donors (Lipinski definition) is 1. The van der Waals surface area contributed by atoms with E-state index < -0.39 is 0 Å². The Bertz CT molecular complexity index is 569. The summed E-state index contributed by atoms with van der Waals surface area (Å²) in [5, 5.41) is 7.73. The molecule has 0 radical (unpaired) electrons. The average Bonchev–Trinajstić information content (AvgIpc) is 2.67. The Balaban J connectivity index is 1.77. The predicted octanol–water partition coefficient (Wildman–Crippen LogP) is 3.85. The molecule has 1 unspecified atom stereocenters. The highest BCUT2D eigenvalue weighted by atomic mass is 16.5. The van der Waals surface area contributed by atoms with Gasteiger partial charge < -0.3 is 9.84 Å². The molecular weight excluding hydrogens is 248 g/mol. The van der Waals surface area contributed by atoms with Crippen LogP contribution >= 0.6 is 0 Å². The minimum Gasteiger partial charge on any atom is -0.361 e. The Hall–Kier alpha value is -1.61. The number of aryl methyl sites for hydroxylation is 3. The Morgan fingerprint density at radius 1 is 1.25 bits per heavy atom. The lowest BCUT2D eigenvalue weighted by Gasteiger charge is -2.19. The van der Waals surface area contributed by atoms with E-state index in [4.69, 9.17) is 4.52 Å².